The molecule has 1 saturated heterocycles. The number of rotatable bonds is 5. The van der Waals surface area contributed by atoms with Gasteiger partial charge in [0.25, 0.3) is 0 Å². The van der Waals surface area contributed by atoms with Crippen LogP contribution in [0.2, 0.25) is 0 Å². The number of carbonyl (C=O) groups excluding carboxylic acids is 1. The van der Waals surface area contributed by atoms with Crippen LogP contribution in [0.25, 0.3) is 0 Å². The minimum atomic E-state index is 0.172. The van der Waals surface area contributed by atoms with Gasteiger partial charge in [0.15, 0.2) is 0 Å². The van der Waals surface area contributed by atoms with Gasteiger partial charge in [-0.3, -0.25) is 4.79 Å². The largest absolute Gasteiger partial charge is 0.497 e. The van der Waals surface area contributed by atoms with E-state index in [4.69, 9.17) is 10.5 Å². The SMILES string of the molecule is COc1ccc(CCCC(=O)N2CC[C@@H](N)C2)cc1. The molecule has 1 aliphatic heterocycles. The fourth-order valence-corrected chi connectivity index (χ4v) is 2.41. The van der Waals surface area contributed by atoms with E-state index in [-0.39, 0.29) is 11.9 Å². The van der Waals surface area contributed by atoms with E-state index >= 15 is 0 Å². The molecule has 1 aromatic rings. The second kappa shape index (κ2) is 6.57. The van der Waals surface area contributed by atoms with Gasteiger partial charge in [0, 0.05) is 25.6 Å². The second-order valence-corrected chi connectivity index (χ2v) is 5.09. The van der Waals surface area contributed by atoms with Crippen molar-refractivity contribution in [1.82, 2.24) is 4.90 Å². The molecule has 0 spiro atoms. The van der Waals surface area contributed by atoms with Crippen LogP contribution in [-0.4, -0.2) is 37.0 Å². The molecule has 0 aromatic heterocycles. The van der Waals surface area contributed by atoms with Crippen molar-refractivity contribution in [2.24, 2.45) is 5.73 Å². The molecule has 2 N–H and O–H groups in total. The normalized spacial score (nSPS) is 18.6. The minimum absolute atomic E-state index is 0.172. The summed E-state index contributed by atoms with van der Waals surface area (Å²) in [6.45, 7) is 1.55. The molecule has 4 nitrogen and oxygen atoms in total. The highest BCUT2D eigenvalue weighted by Crippen LogP contribution is 2.14. The summed E-state index contributed by atoms with van der Waals surface area (Å²) in [5.41, 5.74) is 7.05. The Kier molecular flexibility index (Phi) is 4.80. The van der Waals surface area contributed by atoms with Crippen LogP contribution in [0.15, 0.2) is 24.3 Å². The Balaban J connectivity index is 1.72. The molecule has 0 saturated carbocycles. The number of methoxy groups -OCH3 is 1. The molecule has 19 heavy (non-hydrogen) atoms. The summed E-state index contributed by atoms with van der Waals surface area (Å²) in [5.74, 6) is 1.10. The summed E-state index contributed by atoms with van der Waals surface area (Å²) in [7, 11) is 1.66. The van der Waals surface area contributed by atoms with Crippen LogP contribution in [0.3, 0.4) is 0 Å². The van der Waals surface area contributed by atoms with Crippen LogP contribution in [0.5, 0.6) is 5.75 Å². The van der Waals surface area contributed by atoms with Gasteiger partial charge in [-0.25, -0.2) is 0 Å². The van der Waals surface area contributed by atoms with E-state index in [9.17, 15) is 4.79 Å². The molecule has 1 fully saturated rings. The molecule has 1 aromatic carbocycles. The number of hydrogen-bond acceptors (Lipinski definition) is 3. The smallest absolute Gasteiger partial charge is 0.222 e. The van der Waals surface area contributed by atoms with E-state index in [0.717, 1.165) is 38.1 Å². The third-order valence-corrected chi connectivity index (χ3v) is 3.59. The first kappa shape index (κ1) is 13.9. The summed E-state index contributed by atoms with van der Waals surface area (Å²) in [6.07, 6.45) is 3.36. The number of nitrogens with zero attached hydrogens (tertiary/aromatic N) is 1. The predicted octanol–water partition coefficient (Wildman–Crippen LogP) is 1.58. The number of likely N-dealkylation sites (tertiary alicyclic amines) is 1. The van der Waals surface area contributed by atoms with Crippen molar-refractivity contribution in [2.75, 3.05) is 20.2 Å². The molecule has 0 bridgehead atoms. The number of hydrogen-bond donors (Lipinski definition) is 1. The van der Waals surface area contributed by atoms with Gasteiger partial charge in [-0.2, -0.15) is 0 Å². The third kappa shape index (κ3) is 3.96. The maximum atomic E-state index is 11.9. The van der Waals surface area contributed by atoms with E-state index in [0.29, 0.717) is 6.42 Å². The highest BCUT2D eigenvalue weighted by molar-refractivity contribution is 5.76. The fourth-order valence-electron chi connectivity index (χ4n) is 2.41. The standard InChI is InChI=1S/C15H22N2O2/c1-19-14-7-5-12(6-8-14)3-2-4-15(18)17-10-9-13(16)11-17/h5-8,13H,2-4,9-11,16H2,1H3/t13-/m1/s1. The van der Waals surface area contributed by atoms with Gasteiger partial charge in [0.1, 0.15) is 5.75 Å². The topological polar surface area (TPSA) is 55.6 Å². The van der Waals surface area contributed by atoms with Gasteiger partial charge in [0.2, 0.25) is 5.91 Å². The van der Waals surface area contributed by atoms with Crippen molar-refractivity contribution < 1.29 is 9.53 Å². The molecular formula is C15H22N2O2. The van der Waals surface area contributed by atoms with Crippen molar-refractivity contribution in [3.05, 3.63) is 29.8 Å². The van der Waals surface area contributed by atoms with Crippen LogP contribution in [0.4, 0.5) is 0 Å². The monoisotopic (exact) mass is 262 g/mol. The number of carbonyl (C=O) groups is 1. The van der Waals surface area contributed by atoms with E-state index in [1.807, 2.05) is 17.0 Å². The number of benzene rings is 1. The highest BCUT2D eigenvalue weighted by atomic mass is 16.5. The highest BCUT2D eigenvalue weighted by Gasteiger charge is 2.22. The van der Waals surface area contributed by atoms with Crippen molar-refractivity contribution in [1.29, 1.82) is 0 Å². The van der Waals surface area contributed by atoms with Gasteiger partial charge in [0.05, 0.1) is 7.11 Å². The molecule has 1 atom stereocenters. The molecule has 0 unspecified atom stereocenters. The van der Waals surface area contributed by atoms with Crippen LogP contribution in [-0.2, 0) is 11.2 Å². The molecule has 2 rings (SSSR count). The molecule has 0 radical (unpaired) electrons. The van der Waals surface area contributed by atoms with E-state index in [1.54, 1.807) is 7.11 Å². The molecule has 4 heteroatoms. The van der Waals surface area contributed by atoms with Crippen molar-refractivity contribution in [3.8, 4) is 5.75 Å². The lowest BCUT2D eigenvalue weighted by molar-refractivity contribution is -0.130. The van der Waals surface area contributed by atoms with Gasteiger partial charge < -0.3 is 15.4 Å². The summed E-state index contributed by atoms with van der Waals surface area (Å²) < 4.78 is 5.12. The Bertz CT molecular complexity index is 417. The number of aryl methyl sites for hydroxylation is 1. The molecule has 1 heterocycles. The Morgan fingerprint density at radius 2 is 2.16 bits per heavy atom. The lowest BCUT2D eigenvalue weighted by Gasteiger charge is -2.15. The zero-order valence-electron chi connectivity index (χ0n) is 11.5. The summed E-state index contributed by atoms with van der Waals surface area (Å²) in [4.78, 5) is 13.8. The minimum Gasteiger partial charge on any atom is -0.497 e. The number of nitrogens with two attached hydrogens (primary N) is 1. The summed E-state index contributed by atoms with van der Waals surface area (Å²) in [5, 5.41) is 0. The van der Waals surface area contributed by atoms with E-state index in [2.05, 4.69) is 12.1 Å². The summed E-state index contributed by atoms with van der Waals surface area (Å²) >= 11 is 0. The number of ether oxygens (including phenoxy) is 1. The van der Waals surface area contributed by atoms with Crippen molar-refractivity contribution >= 4 is 5.91 Å². The number of amides is 1. The third-order valence-electron chi connectivity index (χ3n) is 3.59. The molecule has 1 amide bonds. The van der Waals surface area contributed by atoms with E-state index < -0.39 is 0 Å². The average molecular weight is 262 g/mol. The Morgan fingerprint density at radius 3 is 2.74 bits per heavy atom. The van der Waals surface area contributed by atoms with Crippen LogP contribution >= 0.6 is 0 Å². The quantitative estimate of drug-likeness (QED) is 0.876. The molecule has 104 valence electrons. The zero-order valence-corrected chi connectivity index (χ0v) is 11.5. The maximum absolute atomic E-state index is 11.9. The predicted molar refractivity (Wildman–Crippen MR) is 75.1 cm³/mol. The van der Waals surface area contributed by atoms with Gasteiger partial charge in [-0.05, 0) is 37.0 Å². The first-order chi connectivity index (χ1) is 9.19. The van der Waals surface area contributed by atoms with Gasteiger partial charge in [-0.15, -0.1) is 0 Å². The van der Waals surface area contributed by atoms with Crippen LogP contribution in [0.1, 0.15) is 24.8 Å². The second-order valence-electron chi connectivity index (χ2n) is 5.09. The molecule has 0 aliphatic carbocycles. The van der Waals surface area contributed by atoms with Crippen molar-refractivity contribution in [2.45, 2.75) is 31.7 Å². The van der Waals surface area contributed by atoms with Gasteiger partial charge in [-0.1, -0.05) is 12.1 Å². The Morgan fingerprint density at radius 1 is 1.42 bits per heavy atom. The first-order valence-electron chi connectivity index (χ1n) is 6.85. The first-order valence-corrected chi connectivity index (χ1v) is 6.85. The van der Waals surface area contributed by atoms with Crippen LogP contribution < -0.4 is 10.5 Å². The fraction of sp³-hybridized carbons (Fsp3) is 0.533. The average Bonchev–Trinajstić information content (AvgIpc) is 2.86. The van der Waals surface area contributed by atoms with Crippen LogP contribution in [0, 0.1) is 0 Å². The van der Waals surface area contributed by atoms with E-state index in [1.165, 1.54) is 5.56 Å². The lowest BCUT2D eigenvalue weighted by atomic mass is 10.1. The summed E-state index contributed by atoms with van der Waals surface area (Å²) in [6, 6.07) is 8.18. The Hall–Kier alpha value is -1.55. The molecular weight excluding hydrogens is 240 g/mol. The zero-order chi connectivity index (χ0) is 13.7. The molecule has 1 aliphatic rings. The lowest BCUT2D eigenvalue weighted by Crippen LogP contribution is -2.31. The van der Waals surface area contributed by atoms with Crippen molar-refractivity contribution in [3.63, 3.8) is 0 Å². The maximum Gasteiger partial charge on any atom is 0.222 e. The Labute approximate surface area is 114 Å². The van der Waals surface area contributed by atoms with Gasteiger partial charge >= 0.3 is 0 Å².